The maximum Gasteiger partial charge on any atom is 0.189 e. The van der Waals surface area contributed by atoms with Crippen LogP contribution in [0.3, 0.4) is 0 Å². The molecule has 8 heteroatoms. The third-order valence-corrected chi connectivity index (χ3v) is 6.37. The molecule has 0 radical (unpaired) electrons. The van der Waals surface area contributed by atoms with E-state index >= 15 is 0 Å². The Morgan fingerprint density at radius 1 is 1.06 bits per heavy atom. The molecule has 0 spiro atoms. The molecule has 32 heavy (non-hydrogen) atoms. The summed E-state index contributed by atoms with van der Waals surface area (Å²) < 4.78 is 14.2. The fraction of sp³-hybridized carbons (Fsp3) is 0.333. The fourth-order valence-electron chi connectivity index (χ4n) is 3.89. The van der Waals surface area contributed by atoms with Crippen molar-refractivity contribution in [2.75, 3.05) is 48.8 Å². The van der Waals surface area contributed by atoms with Crippen LogP contribution in [0.1, 0.15) is 11.1 Å². The number of halogens is 2. The van der Waals surface area contributed by atoms with Gasteiger partial charge in [-0.1, -0.05) is 47.6 Å². The van der Waals surface area contributed by atoms with Gasteiger partial charge in [0.25, 0.3) is 0 Å². The van der Waals surface area contributed by atoms with Crippen molar-refractivity contribution in [1.29, 1.82) is 0 Å². The van der Waals surface area contributed by atoms with Crippen LogP contribution in [0, 0.1) is 5.82 Å². The summed E-state index contributed by atoms with van der Waals surface area (Å²) in [6, 6.07) is 14.9. The zero-order valence-corrected chi connectivity index (χ0v) is 19.7. The molecule has 0 aliphatic carbocycles. The molecule has 5 nitrogen and oxygen atoms in total. The maximum absolute atomic E-state index is 14.2. The topological polar surface area (TPSA) is 44.3 Å². The molecular weight excluding hydrogens is 445 g/mol. The Hall–Kier alpha value is -2.35. The number of benzene rings is 2. The molecule has 3 aromatic rings. The minimum absolute atomic E-state index is 0.169. The van der Waals surface area contributed by atoms with E-state index in [1.54, 1.807) is 17.8 Å². The van der Waals surface area contributed by atoms with Gasteiger partial charge in [-0.15, -0.1) is 0 Å². The molecule has 168 valence electrons. The van der Waals surface area contributed by atoms with E-state index < -0.39 is 0 Å². The first kappa shape index (κ1) is 22.8. The van der Waals surface area contributed by atoms with E-state index in [1.807, 2.05) is 42.8 Å². The number of rotatable bonds is 8. The zero-order chi connectivity index (χ0) is 22.3. The van der Waals surface area contributed by atoms with Crippen LogP contribution in [0.4, 0.5) is 15.9 Å². The summed E-state index contributed by atoms with van der Waals surface area (Å²) in [6.07, 6.45) is 4.81. The molecule has 1 aromatic heterocycles. The molecule has 0 saturated carbocycles. The average Bonchev–Trinajstić information content (AvgIpc) is 2.82. The van der Waals surface area contributed by atoms with Gasteiger partial charge < -0.3 is 15.1 Å². The molecule has 2 aromatic carbocycles. The van der Waals surface area contributed by atoms with Crippen LogP contribution in [0.25, 0.3) is 0 Å². The summed E-state index contributed by atoms with van der Waals surface area (Å²) in [4.78, 5) is 13.7. The normalized spacial score (nSPS) is 14.1. The first-order valence-corrected chi connectivity index (χ1v) is 12.3. The summed E-state index contributed by atoms with van der Waals surface area (Å²) >= 11 is 7.62. The van der Waals surface area contributed by atoms with Crippen molar-refractivity contribution < 1.29 is 4.39 Å². The van der Waals surface area contributed by atoms with Gasteiger partial charge in [0.15, 0.2) is 5.16 Å². The molecule has 0 bridgehead atoms. The van der Waals surface area contributed by atoms with Gasteiger partial charge in [-0.05, 0) is 49.1 Å². The molecule has 1 saturated heterocycles. The molecule has 4 rings (SSSR count). The van der Waals surface area contributed by atoms with Crippen molar-refractivity contribution in [2.24, 2.45) is 0 Å². The van der Waals surface area contributed by atoms with Crippen molar-refractivity contribution in [3.63, 3.8) is 0 Å². The minimum Gasteiger partial charge on any atom is -0.366 e. The van der Waals surface area contributed by atoms with Gasteiger partial charge in [-0.25, -0.2) is 14.4 Å². The van der Waals surface area contributed by atoms with E-state index in [0.717, 1.165) is 60.7 Å². The first-order chi connectivity index (χ1) is 15.6. The predicted molar refractivity (Wildman–Crippen MR) is 132 cm³/mol. The number of anilines is 2. The molecule has 1 fully saturated rings. The van der Waals surface area contributed by atoms with Crippen LogP contribution in [-0.4, -0.2) is 48.9 Å². The lowest BCUT2D eigenvalue weighted by Gasteiger charge is -2.37. The third-order valence-electron chi connectivity index (χ3n) is 5.57. The smallest absolute Gasteiger partial charge is 0.189 e. The number of nitrogens with one attached hydrogen (secondary N) is 1. The highest BCUT2D eigenvalue weighted by atomic mass is 35.5. The number of aromatic nitrogens is 2. The second-order valence-electron chi connectivity index (χ2n) is 7.69. The lowest BCUT2D eigenvalue weighted by Crippen LogP contribution is -2.47. The van der Waals surface area contributed by atoms with Crippen molar-refractivity contribution in [3.05, 3.63) is 76.7 Å². The Morgan fingerprint density at radius 2 is 1.84 bits per heavy atom. The highest BCUT2D eigenvalue weighted by Gasteiger charge is 2.22. The molecule has 1 N–H and O–H groups in total. The van der Waals surface area contributed by atoms with Crippen LogP contribution < -0.4 is 15.1 Å². The Kier molecular flexibility index (Phi) is 7.84. The van der Waals surface area contributed by atoms with Crippen LogP contribution in [0.5, 0.6) is 0 Å². The number of hydrogen-bond acceptors (Lipinski definition) is 6. The van der Waals surface area contributed by atoms with Crippen LogP contribution >= 0.6 is 23.4 Å². The number of thioether (sulfide) groups is 1. The summed E-state index contributed by atoms with van der Waals surface area (Å²) in [6.45, 7) is 4.61. The van der Waals surface area contributed by atoms with Gasteiger partial charge in [-0.3, -0.25) is 0 Å². The van der Waals surface area contributed by atoms with E-state index in [2.05, 4.69) is 26.2 Å². The van der Waals surface area contributed by atoms with E-state index in [4.69, 9.17) is 16.6 Å². The quantitative estimate of drug-likeness (QED) is 0.293. The van der Waals surface area contributed by atoms with Crippen LogP contribution in [-0.2, 0) is 13.0 Å². The number of hydrogen-bond donors (Lipinski definition) is 1. The number of para-hydroxylation sites is 1. The third kappa shape index (κ3) is 5.71. The van der Waals surface area contributed by atoms with E-state index in [1.165, 1.54) is 11.6 Å². The van der Waals surface area contributed by atoms with Gasteiger partial charge >= 0.3 is 0 Å². The Morgan fingerprint density at radius 3 is 2.59 bits per heavy atom. The van der Waals surface area contributed by atoms with Gasteiger partial charge in [0.2, 0.25) is 0 Å². The highest BCUT2D eigenvalue weighted by Crippen LogP contribution is 2.25. The number of nitrogens with zero attached hydrogens (tertiary/aromatic N) is 4. The average molecular weight is 472 g/mol. The Labute approximate surface area is 198 Å². The second kappa shape index (κ2) is 11.0. The second-order valence-corrected chi connectivity index (χ2v) is 8.90. The summed E-state index contributed by atoms with van der Waals surface area (Å²) in [5.41, 5.74) is 2.96. The molecule has 0 amide bonds. The Balaban J connectivity index is 1.39. The fourth-order valence-corrected chi connectivity index (χ4v) is 4.44. The lowest BCUT2D eigenvalue weighted by molar-refractivity contribution is 0.592. The first-order valence-electron chi connectivity index (χ1n) is 10.7. The molecule has 2 heterocycles. The summed E-state index contributed by atoms with van der Waals surface area (Å²) in [7, 11) is 0. The van der Waals surface area contributed by atoms with Crippen molar-refractivity contribution in [2.45, 2.75) is 18.1 Å². The largest absolute Gasteiger partial charge is 0.366 e. The van der Waals surface area contributed by atoms with Crippen LogP contribution in [0.2, 0.25) is 5.02 Å². The summed E-state index contributed by atoms with van der Waals surface area (Å²) in [5.74, 6) is 0.796. The molecular formula is C24H27ClFN5S. The highest BCUT2D eigenvalue weighted by molar-refractivity contribution is 7.98. The number of piperazine rings is 1. The molecule has 0 unspecified atom stereocenters. The molecule has 1 aliphatic rings. The van der Waals surface area contributed by atoms with E-state index in [9.17, 15) is 4.39 Å². The van der Waals surface area contributed by atoms with Gasteiger partial charge in [0.05, 0.1) is 5.69 Å². The van der Waals surface area contributed by atoms with E-state index in [-0.39, 0.29) is 5.82 Å². The summed E-state index contributed by atoms with van der Waals surface area (Å²) in [5, 5.41) is 5.04. The lowest BCUT2D eigenvalue weighted by atomic mass is 10.1. The monoisotopic (exact) mass is 471 g/mol. The standard InChI is InChI=1S/C24H27ClFN5S/c1-32-24-28-17-19(16-27-10-9-18-5-4-6-20(25)15-18)23(29-24)31-13-11-30(12-14-31)22-8-3-2-7-21(22)26/h2-8,15,17,27H,9-14,16H2,1H3. The molecule has 1 aliphatic heterocycles. The maximum atomic E-state index is 14.2. The van der Waals surface area contributed by atoms with Gasteiger partial charge in [0.1, 0.15) is 11.6 Å². The van der Waals surface area contributed by atoms with Gasteiger partial charge in [0, 0.05) is 49.5 Å². The van der Waals surface area contributed by atoms with E-state index in [0.29, 0.717) is 12.2 Å². The van der Waals surface area contributed by atoms with Crippen LogP contribution in [0.15, 0.2) is 59.9 Å². The van der Waals surface area contributed by atoms with Crippen molar-refractivity contribution in [3.8, 4) is 0 Å². The minimum atomic E-state index is -0.169. The molecule has 0 atom stereocenters. The van der Waals surface area contributed by atoms with Gasteiger partial charge in [-0.2, -0.15) is 0 Å². The SMILES string of the molecule is CSc1ncc(CNCCc2cccc(Cl)c2)c(N2CCN(c3ccccc3F)CC2)n1. The van der Waals surface area contributed by atoms with Crippen molar-refractivity contribution in [1.82, 2.24) is 15.3 Å². The Bertz CT molecular complexity index is 1040. The predicted octanol–water partition coefficient (Wildman–Crippen LogP) is 4.65. The zero-order valence-electron chi connectivity index (χ0n) is 18.1. The van der Waals surface area contributed by atoms with Crippen molar-refractivity contribution >= 4 is 34.9 Å².